The Bertz CT molecular complexity index is 733. The van der Waals surface area contributed by atoms with Gasteiger partial charge in [0.15, 0.2) is 11.5 Å². The van der Waals surface area contributed by atoms with E-state index in [2.05, 4.69) is 16.6 Å². The molecular formula is C17H18N2O5. The van der Waals surface area contributed by atoms with Crippen molar-refractivity contribution in [3.8, 4) is 23.8 Å². The van der Waals surface area contributed by atoms with Crippen LogP contribution in [0, 0.1) is 12.3 Å². The van der Waals surface area contributed by atoms with E-state index in [0.717, 1.165) is 0 Å². The van der Waals surface area contributed by atoms with Gasteiger partial charge in [0.25, 0.3) is 0 Å². The standard InChI is InChI=1S/C17H18N2O5/c1-5-9-24-15-11(7-6-8-12(15)22-3)14-13(16(20)23-4)10(2)18-17(21)19-14/h1,6-8,14H,9H2,2-4H3,(H2,18,19,21)/t14-/m0/s1. The van der Waals surface area contributed by atoms with Crippen LogP contribution in [0.25, 0.3) is 0 Å². The molecule has 0 bridgehead atoms. The fraction of sp³-hybridized carbons (Fsp3) is 0.294. The third-order valence-corrected chi connectivity index (χ3v) is 3.51. The van der Waals surface area contributed by atoms with E-state index >= 15 is 0 Å². The third-order valence-electron chi connectivity index (χ3n) is 3.51. The molecule has 7 heteroatoms. The summed E-state index contributed by atoms with van der Waals surface area (Å²) in [5.41, 5.74) is 1.22. The van der Waals surface area contributed by atoms with Gasteiger partial charge in [0, 0.05) is 11.3 Å². The number of carbonyl (C=O) groups is 2. The highest BCUT2D eigenvalue weighted by molar-refractivity contribution is 5.95. The lowest BCUT2D eigenvalue weighted by Crippen LogP contribution is -2.45. The highest BCUT2D eigenvalue weighted by atomic mass is 16.5. The van der Waals surface area contributed by atoms with Crippen molar-refractivity contribution in [1.29, 1.82) is 0 Å². The van der Waals surface area contributed by atoms with Crippen LogP contribution in [0.15, 0.2) is 29.5 Å². The maximum absolute atomic E-state index is 12.2. The molecule has 0 unspecified atom stereocenters. The van der Waals surface area contributed by atoms with Crippen molar-refractivity contribution in [3.63, 3.8) is 0 Å². The summed E-state index contributed by atoms with van der Waals surface area (Å²) >= 11 is 0. The Hall–Kier alpha value is -3.14. The van der Waals surface area contributed by atoms with Crippen LogP contribution in [0.3, 0.4) is 0 Å². The normalized spacial score (nSPS) is 16.6. The molecule has 2 amide bonds. The number of allylic oxidation sites excluding steroid dienone is 1. The van der Waals surface area contributed by atoms with E-state index in [1.165, 1.54) is 14.2 Å². The van der Waals surface area contributed by atoms with E-state index in [9.17, 15) is 9.59 Å². The zero-order valence-corrected chi connectivity index (χ0v) is 13.6. The van der Waals surface area contributed by atoms with Crippen LogP contribution in [0.5, 0.6) is 11.5 Å². The minimum atomic E-state index is -0.755. The van der Waals surface area contributed by atoms with Gasteiger partial charge in [-0.05, 0) is 13.0 Å². The van der Waals surface area contributed by atoms with Gasteiger partial charge < -0.3 is 24.8 Å². The molecule has 2 N–H and O–H groups in total. The van der Waals surface area contributed by atoms with Gasteiger partial charge in [-0.25, -0.2) is 9.59 Å². The summed E-state index contributed by atoms with van der Waals surface area (Å²) in [6, 6.07) is 3.97. The molecule has 0 radical (unpaired) electrons. The fourth-order valence-electron chi connectivity index (χ4n) is 2.50. The molecule has 1 aliphatic heterocycles. The van der Waals surface area contributed by atoms with E-state index in [4.69, 9.17) is 20.6 Å². The summed E-state index contributed by atoms with van der Waals surface area (Å²) in [4.78, 5) is 24.1. The lowest BCUT2D eigenvalue weighted by molar-refractivity contribution is -0.136. The number of nitrogens with one attached hydrogen (secondary N) is 2. The number of urea groups is 1. The molecule has 7 nitrogen and oxygen atoms in total. The van der Waals surface area contributed by atoms with Crippen molar-refractivity contribution < 1.29 is 23.8 Å². The number of carbonyl (C=O) groups excluding carboxylic acids is 2. The van der Waals surface area contributed by atoms with Crippen molar-refractivity contribution in [2.45, 2.75) is 13.0 Å². The number of rotatable bonds is 5. The Balaban J connectivity index is 2.59. The number of ether oxygens (including phenoxy) is 3. The summed E-state index contributed by atoms with van der Waals surface area (Å²) in [6.07, 6.45) is 5.26. The smallest absolute Gasteiger partial charge is 0.337 e. The Morgan fingerprint density at radius 3 is 2.75 bits per heavy atom. The minimum Gasteiger partial charge on any atom is -0.493 e. The number of methoxy groups -OCH3 is 2. The Kier molecular flexibility index (Phi) is 5.32. The number of terminal acetylenes is 1. The van der Waals surface area contributed by atoms with Gasteiger partial charge in [-0.2, -0.15) is 0 Å². The molecule has 1 aliphatic rings. The number of para-hydroxylation sites is 1. The minimum absolute atomic E-state index is 0.0164. The first kappa shape index (κ1) is 17.2. The molecule has 0 saturated carbocycles. The molecule has 1 heterocycles. The molecule has 24 heavy (non-hydrogen) atoms. The third kappa shape index (κ3) is 3.27. The Labute approximate surface area is 140 Å². The largest absolute Gasteiger partial charge is 0.493 e. The van der Waals surface area contributed by atoms with Crippen LogP contribution in [-0.2, 0) is 9.53 Å². The van der Waals surface area contributed by atoms with E-state index < -0.39 is 18.0 Å². The Morgan fingerprint density at radius 1 is 1.38 bits per heavy atom. The van der Waals surface area contributed by atoms with Crippen LogP contribution in [0.2, 0.25) is 0 Å². The zero-order valence-electron chi connectivity index (χ0n) is 13.6. The van der Waals surface area contributed by atoms with Crippen molar-refractivity contribution in [2.75, 3.05) is 20.8 Å². The van der Waals surface area contributed by atoms with Gasteiger partial charge in [-0.1, -0.05) is 18.1 Å². The number of amides is 2. The summed E-state index contributed by atoms with van der Waals surface area (Å²) in [5, 5.41) is 5.26. The van der Waals surface area contributed by atoms with E-state index in [0.29, 0.717) is 22.8 Å². The molecule has 2 rings (SSSR count). The monoisotopic (exact) mass is 330 g/mol. The van der Waals surface area contributed by atoms with Gasteiger partial charge in [0.05, 0.1) is 25.8 Å². The molecule has 0 spiro atoms. The molecule has 0 saturated heterocycles. The molecule has 126 valence electrons. The molecule has 0 fully saturated rings. The van der Waals surface area contributed by atoms with Gasteiger partial charge in [-0.15, -0.1) is 6.42 Å². The molecule has 1 aromatic rings. The lowest BCUT2D eigenvalue weighted by atomic mass is 9.94. The highest BCUT2D eigenvalue weighted by Crippen LogP contribution is 2.39. The van der Waals surface area contributed by atoms with Crippen molar-refractivity contribution >= 4 is 12.0 Å². The lowest BCUT2D eigenvalue weighted by Gasteiger charge is -2.29. The summed E-state index contributed by atoms with van der Waals surface area (Å²) in [6.45, 7) is 1.64. The van der Waals surface area contributed by atoms with E-state index in [-0.39, 0.29) is 12.2 Å². The Morgan fingerprint density at radius 2 is 2.12 bits per heavy atom. The first-order chi connectivity index (χ1) is 11.5. The van der Waals surface area contributed by atoms with Crippen LogP contribution < -0.4 is 20.1 Å². The van der Waals surface area contributed by atoms with Crippen LogP contribution in [-0.4, -0.2) is 32.8 Å². The van der Waals surface area contributed by atoms with Crippen molar-refractivity contribution in [3.05, 3.63) is 35.0 Å². The number of benzene rings is 1. The van der Waals surface area contributed by atoms with Gasteiger partial charge >= 0.3 is 12.0 Å². The molecule has 0 aromatic heterocycles. The number of hydrogen-bond acceptors (Lipinski definition) is 5. The predicted octanol–water partition coefficient (Wildman–Crippen LogP) is 1.51. The molecule has 1 aromatic carbocycles. The van der Waals surface area contributed by atoms with Gasteiger partial charge in [0.2, 0.25) is 0 Å². The first-order valence-electron chi connectivity index (χ1n) is 7.13. The van der Waals surface area contributed by atoms with E-state index in [1.807, 2.05) is 0 Å². The molecule has 1 atom stereocenters. The van der Waals surface area contributed by atoms with Gasteiger partial charge in [0.1, 0.15) is 6.61 Å². The van der Waals surface area contributed by atoms with Crippen molar-refractivity contribution in [2.24, 2.45) is 0 Å². The van der Waals surface area contributed by atoms with E-state index in [1.54, 1.807) is 25.1 Å². The average molecular weight is 330 g/mol. The second-order valence-corrected chi connectivity index (χ2v) is 4.93. The van der Waals surface area contributed by atoms with Crippen LogP contribution in [0.1, 0.15) is 18.5 Å². The summed E-state index contributed by atoms with van der Waals surface area (Å²) in [5.74, 6) is 2.62. The summed E-state index contributed by atoms with van der Waals surface area (Å²) < 4.78 is 15.7. The maximum Gasteiger partial charge on any atom is 0.337 e. The van der Waals surface area contributed by atoms with Gasteiger partial charge in [-0.3, -0.25) is 0 Å². The second-order valence-electron chi connectivity index (χ2n) is 4.93. The fourth-order valence-corrected chi connectivity index (χ4v) is 2.50. The quantitative estimate of drug-likeness (QED) is 0.631. The molecular weight excluding hydrogens is 312 g/mol. The maximum atomic E-state index is 12.2. The van der Waals surface area contributed by atoms with Crippen molar-refractivity contribution in [1.82, 2.24) is 10.6 Å². The topological polar surface area (TPSA) is 85.9 Å². The number of hydrogen-bond donors (Lipinski definition) is 2. The summed E-state index contributed by atoms with van der Waals surface area (Å²) in [7, 11) is 2.77. The second kappa shape index (κ2) is 7.42. The van der Waals surface area contributed by atoms with Crippen LogP contribution in [0.4, 0.5) is 4.79 Å². The predicted molar refractivity (Wildman–Crippen MR) is 86.4 cm³/mol. The SMILES string of the molecule is C#CCOc1c(OC)cccc1[C@@H]1NC(=O)NC(C)=C1C(=O)OC. The zero-order chi connectivity index (χ0) is 17.7. The number of esters is 1. The highest BCUT2D eigenvalue weighted by Gasteiger charge is 2.34. The van der Waals surface area contributed by atoms with Crippen LogP contribution >= 0.6 is 0 Å². The average Bonchev–Trinajstić information content (AvgIpc) is 2.58. The first-order valence-corrected chi connectivity index (χ1v) is 7.13. The molecule has 0 aliphatic carbocycles.